The molecular weight excluding hydrogens is 320 g/mol. The lowest BCUT2D eigenvalue weighted by atomic mass is 9.85. The van der Waals surface area contributed by atoms with E-state index in [1.54, 1.807) is 6.20 Å². The molecule has 2 fully saturated rings. The van der Waals surface area contributed by atoms with Crippen LogP contribution in [0.4, 0.5) is 0 Å². The summed E-state index contributed by atoms with van der Waals surface area (Å²) in [6.07, 6.45) is 6.55. The minimum atomic E-state index is -0.480. The van der Waals surface area contributed by atoms with E-state index in [1.165, 1.54) is 9.75 Å². The number of hydrogen-bond acceptors (Lipinski definition) is 4. The topological polar surface area (TPSA) is 41.4 Å². The molecule has 4 heterocycles. The molecule has 2 aliphatic rings. The number of rotatable bonds is 4. The summed E-state index contributed by atoms with van der Waals surface area (Å²) >= 11 is 1.87. The first-order valence-corrected chi connectivity index (χ1v) is 9.56. The Kier molecular flexibility index (Phi) is 4.18. The van der Waals surface area contributed by atoms with Crippen LogP contribution >= 0.6 is 11.3 Å². The van der Waals surface area contributed by atoms with Gasteiger partial charge in [0.1, 0.15) is 5.54 Å². The quantitative estimate of drug-likeness (QED) is 0.856. The highest BCUT2D eigenvalue weighted by Gasteiger charge is 2.46. The molecule has 0 unspecified atom stereocenters. The van der Waals surface area contributed by atoms with E-state index in [1.807, 2.05) is 33.2 Å². The zero-order valence-electron chi connectivity index (χ0n) is 14.1. The maximum Gasteiger partial charge on any atom is 0.250 e. The molecule has 0 atom stereocenters. The monoisotopic (exact) mass is 344 g/mol. The van der Waals surface area contributed by atoms with Crippen LogP contribution in [-0.2, 0) is 16.9 Å². The van der Waals surface area contributed by atoms with E-state index < -0.39 is 5.54 Å². The van der Waals surface area contributed by atoms with Gasteiger partial charge in [-0.3, -0.25) is 14.4 Å². The summed E-state index contributed by atoms with van der Waals surface area (Å²) in [4.78, 5) is 20.4. The molecule has 0 aliphatic carbocycles. The summed E-state index contributed by atoms with van der Waals surface area (Å²) in [5.41, 5.74) is -0.480. The normalized spacial score (nSPS) is 20.8. The third kappa shape index (κ3) is 2.78. The fourth-order valence-electron chi connectivity index (χ4n) is 3.75. The third-order valence-corrected chi connectivity index (χ3v) is 6.33. The van der Waals surface area contributed by atoms with Gasteiger partial charge >= 0.3 is 0 Å². The Balaban J connectivity index is 1.49. The van der Waals surface area contributed by atoms with Crippen LogP contribution in [0.5, 0.6) is 0 Å². The largest absolute Gasteiger partial charge is 0.340 e. The Labute approximate surface area is 146 Å². The van der Waals surface area contributed by atoms with Gasteiger partial charge in [-0.15, -0.1) is 11.3 Å². The second-order valence-corrected chi connectivity index (χ2v) is 8.29. The molecule has 0 N–H and O–H groups in total. The zero-order chi connectivity index (χ0) is 16.6. The van der Waals surface area contributed by atoms with Gasteiger partial charge in [0, 0.05) is 54.9 Å². The number of nitrogens with zero attached hydrogens (tertiary/aromatic N) is 4. The molecule has 5 nitrogen and oxygen atoms in total. The summed E-state index contributed by atoms with van der Waals surface area (Å²) in [6, 6.07) is 6.33. The van der Waals surface area contributed by atoms with Crippen molar-refractivity contribution in [2.45, 2.75) is 38.3 Å². The van der Waals surface area contributed by atoms with Crippen LogP contribution in [0.1, 0.15) is 29.0 Å². The first-order valence-electron chi connectivity index (χ1n) is 8.75. The summed E-state index contributed by atoms with van der Waals surface area (Å²) in [6.45, 7) is 6.83. The Bertz CT molecular complexity index is 696. The average molecular weight is 344 g/mol. The second kappa shape index (κ2) is 6.33. The van der Waals surface area contributed by atoms with Crippen molar-refractivity contribution in [3.8, 4) is 0 Å². The average Bonchev–Trinajstić information content (AvgIpc) is 3.18. The first-order chi connectivity index (χ1) is 11.7. The van der Waals surface area contributed by atoms with E-state index in [0.717, 1.165) is 52.0 Å². The molecule has 4 rings (SSSR count). The number of carbonyl (C=O) groups is 1. The Morgan fingerprint density at radius 2 is 2.04 bits per heavy atom. The molecular formula is C18H24N4OS. The minimum Gasteiger partial charge on any atom is -0.340 e. The highest BCUT2D eigenvalue weighted by molar-refractivity contribution is 7.11. The minimum absolute atomic E-state index is 0.268. The lowest BCUT2D eigenvalue weighted by molar-refractivity contribution is -0.148. The first kappa shape index (κ1) is 15.8. The highest BCUT2D eigenvalue weighted by Crippen LogP contribution is 2.34. The van der Waals surface area contributed by atoms with Crippen LogP contribution in [0.15, 0.2) is 30.6 Å². The summed E-state index contributed by atoms with van der Waals surface area (Å²) in [5.74, 6) is 0.268. The molecule has 2 saturated heterocycles. The number of amides is 1. The van der Waals surface area contributed by atoms with Gasteiger partial charge in [0.15, 0.2) is 0 Å². The van der Waals surface area contributed by atoms with Crippen molar-refractivity contribution in [2.75, 3.05) is 26.2 Å². The summed E-state index contributed by atoms with van der Waals surface area (Å²) in [5, 5.41) is 4.44. The van der Waals surface area contributed by atoms with Crippen LogP contribution < -0.4 is 0 Å². The fraction of sp³-hybridized carbons (Fsp3) is 0.556. The van der Waals surface area contributed by atoms with Gasteiger partial charge < -0.3 is 4.90 Å². The lowest BCUT2D eigenvalue weighted by Crippen LogP contribution is -2.59. The SMILES string of the molecule is Cc1ccc(CN2CCC(C(=O)N3CCC3)(n3cccn3)CC2)s1. The molecule has 0 bridgehead atoms. The highest BCUT2D eigenvalue weighted by atomic mass is 32.1. The van der Waals surface area contributed by atoms with Gasteiger partial charge in [-0.25, -0.2) is 0 Å². The van der Waals surface area contributed by atoms with Crippen LogP contribution in [-0.4, -0.2) is 51.7 Å². The number of aryl methyl sites for hydroxylation is 1. The molecule has 2 aromatic heterocycles. The van der Waals surface area contributed by atoms with Gasteiger partial charge in [-0.2, -0.15) is 5.10 Å². The number of thiophene rings is 1. The maximum absolute atomic E-state index is 13.1. The number of aromatic nitrogens is 2. The van der Waals surface area contributed by atoms with Crippen molar-refractivity contribution in [1.29, 1.82) is 0 Å². The molecule has 128 valence electrons. The van der Waals surface area contributed by atoms with Gasteiger partial charge in [0.2, 0.25) is 0 Å². The fourth-order valence-corrected chi connectivity index (χ4v) is 4.68. The molecule has 2 aliphatic heterocycles. The van der Waals surface area contributed by atoms with E-state index in [9.17, 15) is 4.79 Å². The second-order valence-electron chi connectivity index (χ2n) is 6.92. The molecule has 24 heavy (non-hydrogen) atoms. The number of likely N-dealkylation sites (tertiary alicyclic amines) is 2. The van der Waals surface area contributed by atoms with Crippen molar-refractivity contribution in [3.63, 3.8) is 0 Å². The Morgan fingerprint density at radius 1 is 1.25 bits per heavy atom. The van der Waals surface area contributed by atoms with Crippen molar-refractivity contribution >= 4 is 17.2 Å². The number of piperidine rings is 1. The van der Waals surface area contributed by atoms with Crippen molar-refractivity contribution in [1.82, 2.24) is 19.6 Å². The molecule has 6 heteroatoms. The molecule has 2 aromatic rings. The molecule has 0 spiro atoms. The number of carbonyl (C=O) groups excluding carboxylic acids is 1. The molecule has 0 radical (unpaired) electrons. The van der Waals surface area contributed by atoms with Gasteiger partial charge in [0.25, 0.3) is 5.91 Å². The van der Waals surface area contributed by atoms with Gasteiger partial charge in [-0.05, 0) is 44.4 Å². The van der Waals surface area contributed by atoms with Crippen molar-refractivity contribution in [2.24, 2.45) is 0 Å². The zero-order valence-corrected chi connectivity index (χ0v) is 15.0. The van der Waals surface area contributed by atoms with E-state index in [-0.39, 0.29) is 5.91 Å². The van der Waals surface area contributed by atoms with Gasteiger partial charge in [-0.1, -0.05) is 0 Å². The molecule has 0 saturated carbocycles. The molecule has 1 amide bonds. The smallest absolute Gasteiger partial charge is 0.250 e. The van der Waals surface area contributed by atoms with Gasteiger partial charge in [0.05, 0.1) is 0 Å². The van der Waals surface area contributed by atoms with Crippen molar-refractivity contribution < 1.29 is 4.79 Å². The van der Waals surface area contributed by atoms with Crippen molar-refractivity contribution in [3.05, 3.63) is 40.3 Å². The van der Waals surface area contributed by atoms with Crippen LogP contribution in [0, 0.1) is 6.92 Å². The van der Waals surface area contributed by atoms with E-state index in [0.29, 0.717) is 0 Å². The Morgan fingerprint density at radius 3 is 2.58 bits per heavy atom. The predicted molar refractivity (Wildman–Crippen MR) is 95.0 cm³/mol. The lowest BCUT2D eigenvalue weighted by Gasteiger charge is -2.45. The van der Waals surface area contributed by atoms with Crippen LogP contribution in [0.3, 0.4) is 0 Å². The summed E-state index contributed by atoms with van der Waals surface area (Å²) < 4.78 is 1.92. The third-order valence-electron chi connectivity index (χ3n) is 5.34. The van der Waals surface area contributed by atoms with E-state index in [2.05, 4.69) is 29.1 Å². The summed E-state index contributed by atoms with van der Waals surface area (Å²) in [7, 11) is 0. The van der Waals surface area contributed by atoms with E-state index >= 15 is 0 Å². The maximum atomic E-state index is 13.1. The predicted octanol–water partition coefficient (Wildman–Crippen LogP) is 2.48. The molecule has 0 aromatic carbocycles. The Hall–Kier alpha value is -1.66. The standard InChI is InChI=1S/C18H24N4OS/c1-15-4-5-16(24-15)14-20-12-6-18(7-13-20,22-11-2-8-19-22)17(23)21-9-3-10-21/h2,4-5,8,11H,3,6-7,9-10,12-14H2,1H3. The van der Waals surface area contributed by atoms with E-state index in [4.69, 9.17) is 0 Å². The van der Waals surface area contributed by atoms with Crippen LogP contribution in [0.25, 0.3) is 0 Å². The number of hydrogen-bond donors (Lipinski definition) is 0. The van der Waals surface area contributed by atoms with Crippen LogP contribution in [0.2, 0.25) is 0 Å².